The number of halogens is 1. The molecule has 0 unspecified atom stereocenters. The quantitative estimate of drug-likeness (QED) is 0.767. The molecular weight excluding hydrogens is 212 g/mol. The van der Waals surface area contributed by atoms with E-state index in [1.165, 1.54) is 6.20 Å². The standard InChI is InChI=1S/C7H9ClN2O2S/c1-5-3-6(4-9-7(5)8)10-13(2,11)12/h3-4,10H,1-2H3. The number of anilines is 1. The first-order valence-corrected chi connectivity index (χ1v) is 5.75. The van der Waals surface area contributed by atoms with E-state index >= 15 is 0 Å². The maximum atomic E-state index is 10.8. The SMILES string of the molecule is Cc1cc(NS(C)(=O)=O)cnc1Cl. The van der Waals surface area contributed by atoms with Crippen molar-refractivity contribution in [1.82, 2.24) is 4.98 Å². The lowest BCUT2D eigenvalue weighted by Gasteiger charge is -2.04. The number of aryl methyl sites for hydroxylation is 1. The summed E-state index contributed by atoms with van der Waals surface area (Å²) < 4.78 is 24.0. The molecule has 1 heterocycles. The molecule has 0 aromatic carbocycles. The molecule has 6 heteroatoms. The van der Waals surface area contributed by atoms with E-state index in [0.29, 0.717) is 10.8 Å². The van der Waals surface area contributed by atoms with Gasteiger partial charge in [0.05, 0.1) is 18.1 Å². The highest BCUT2D eigenvalue weighted by molar-refractivity contribution is 7.92. The zero-order valence-electron chi connectivity index (χ0n) is 7.20. The van der Waals surface area contributed by atoms with Crippen LogP contribution in [0, 0.1) is 6.92 Å². The predicted molar refractivity (Wildman–Crippen MR) is 52.5 cm³/mol. The maximum absolute atomic E-state index is 10.8. The minimum absolute atomic E-state index is 0.374. The van der Waals surface area contributed by atoms with Crippen LogP contribution in [-0.2, 0) is 10.0 Å². The lowest BCUT2D eigenvalue weighted by atomic mass is 10.3. The van der Waals surface area contributed by atoms with Gasteiger partial charge in [0.25, 0.3) is 0 Å². The Morgan fingerprint density at radius 1 is 1.54 bits per heavy atom. The maximum Gasteiger partial charge on any atom is 0.229 e. The van der Waals surface area contributed by atoms with E-state index in [4.69, 9.17) is 11.6 Å². The fraction of sp³-hybridized carbons (Fsp3) is 0.286. The molecule has 1 aromatic rings. The number of aromatic nitrogens is 1. The summed E-state index contributed by atoms with van der Waals surface area (Å²) in [5, 5.41) is 0.374. The van der Waals surface area contributed by atoms with Gasteiger partial charge in [-0.3, -0.25) is 4.72 Å². The Balaban J connectivity index is 2.99. The fourth-order valence-corrected chi connectivity index (χ4v) is 1.47. The number of hydrogen-bond donors (Lipinski definition) is 1. The van der Waals surface area contributed by atoms with Crippen LogP contribution < -0.4 is 4.72 Å². The first-order chi connectivity index (χ1) is 5.88. The monoisotopic (exact) mass is 220 g/mol. The van der Waals surface area contributed by atoms with Crippen molar-refractivity contribution in [3.63, 3.8) is 0 Å². The average Bonchev–Trinajstić information content (AvgIpc) is 1.94. The Kier molecular flexibility index (Phi) is 2.77. The molecule has 0 saturated heterocycles. The van der Waals surface area contributed by atoms with E-state index in [9.17, 15) is 8.42 Å². The summed E-state index contributed by atoms with van der Waals surface area (Å²) in [6.07, 6.45) is 2.45. The molecule has 0 radical (unpaired) electrons. The minimum Gasteiger partial charge on any atom is -0.282 e. The third-order valence-corrected chi connectivity index (χ3v) is 2.32. The molecule has 0 aliphatic heterocycles. The molecule has 0 fully saturated rings. The van der Waals surface area contributed by atoms with Gasteiger partial charge in [0, 0.05) is 0 Å². The van der Waals surface area contributed by atoms with Crippen molar-refractivity contribution in [2.24, 2.45) is 0 Å². The third-order valence-electron chi connectivity index (χ3n) is 1.32. The molecule has 0 amide bonds. The Morgan fingerprint density at radius 2 is 2.15 bits per heavy atom. The van der Waals surface area contributed by atoms with Gasteiger partial charge >= 0.3 is 0 Å². The van der Waals surface area contributed by atoms with Crippen LogP contribution in [0.1, 0.15) is 5.56 Å². The number of rotatable bonds is 2. The van der Waals surface area contributed by atoms with Crippen LogP contribution in [0.15, 0.2) is 12.3 Å². The minimum atomic E-state index is -3.24. The summed E-state index contributed by atoms with van der Waals surface area (Å²) in [6, 6.07) is 1.62. The van der Waals surface area contributed by atoms with Gasteiger partial charge < -0.3 is 0 Å². The van der Waals surface area contributed by atoms with Gasteiger partial charge in [0.2, 0.25) is 10.0 Å². The number of sulfonamides is 1. The van der Waals surface area contributed by atoms with Crippen LogP contribution in [0.25, 0.3) is 0 Å². The first-order valence-electron chi connectivity index (χ1n) is 3.48. The topological polar surface area (TPSA) is 59.1 Å². The van der Waals surface area contributed by atoms with Gasteiger partial charge in [-0.25, -0.2) is 13.4 Å². The highest BCUT2D eigenvalue weighted by atomic mass is 35.5. The summed E-state index contributed by atoms with van der Waals surface area (Å²) in [7, 11) is -3.24. The normalized spacial score (nSPS) is 11.3. The van der Waals surface area contributed by atoms with Gasteiger partial charge in [-0.05, 0) is 18.6 Å². The van der Waals surface area contributed by atoms with Gasteiger partial charge in [-0.15, -0.1) is 0 Å². The van der Waals surface area contributed by atoms with Gasteiger partial charge in [0.1, 0.15) is 5.15 Å². The molecule has 0 atom stereocenters. The van der Waals surface area contributed by atoms with E-state index in [0.717, 1.165) is 11.8 Å². The van der Waals surface area contributed by atoms with E-state index in [1.807, 2.05) is 0 Å². The van der Waals surface area contributed by atoms with Crippen LogP contribution in [0.5, 0.6) is 0 Å². The largest absolute Gasteiger partial charge is 0.282 e. The summed E-state index contributed by atoms with van der Waals surface area (Å²) in [5.74, 6) is 0. The molecule has 0 bridgehead atoms. The summed E-state index contributed by atoms with van der Waals surface area (Å²) >= 11 is 5.66. The molecule has 72 valence electrons. The molecule has 1 aromatic heterocycles. The second kappa shape index (κ2) is 3.51. The summed E-state index contributed by atoms with van der Waals surface area (Å²) in [5.41, 5.74) is 1.15. The third kappa shape index (κ3) is 3.20. The Labute approximate surface area is 82.0 Å². The number of nitrogens with one attached hydrogen (secondary N) is 1. The molecule has 4 nitrogen and oxygen atoms in total. The van der Waals surface area contributed by atoms with E-state index in [1.54, 1.807) is 13.0 Å². The summed E-state index contributed by atoms with van der Waals surface area (Å²) in [4.78, 5) is 3.80. The predicted octanol–water partition coefficient (Wildman–Crippen LogP) is 1.41. The smallest absolute Gasteiger partial charge is 0.229 e. The van der Waals surface area contributed by atoms with Crippen molar-refractivity contribution in [3.8, 4) is 0 Å². The van der Waals surface area contributed by atoms with Crippen molar-refractivity contribution < 1.29 is 8.42 Å². The van der Waals surface area contributed by atoms with Crippen molar-refractivity contribution >= 4 is 27.3 Å². The molecular formula is C7H9ClN2O2S. The molecule has 1 N–H and O–H groups in total. The van der Waals surface area contributed by atoms with E-state index in [-0.39, 0.29) is 0 Å². The Morgan fingerprint density at radius 3 is 2.62 bits per heavy atom. The Hall–Kier alpha value is -0.810. The number of pyridine rings is 1. The molecule has 0 aliphatic carbocycles. The van der Waals surface area contributed by atoms with Crippen molar-refractivity contribution in [2.75, 3.05) is 11.0 Å². The van der Waals surface area contributed by atoms with Crippen molar-refractivity contribution in [1.29, 1.82) is 0 Å². The van der Waals surface area contributed by atoms with Gasteiger partial charge in [-0.2, -0.15) is 0 Å². The highest BCUT2D eigenvalue weighted by Gasteiger charge is 2.03. The molecule has 0 saturated carbocycles. The second-order valence-corrected chi connectivity index (χ2v) is 4.81. The van der Waals surface area contributed by atoms with Crippen LogP contribution in [0.4, 0.5) is 5.69 Å². The highest BCUT2D eigenvalue weighted by Crippen LogP contribution is 2.16. The molecule has 13 heavy (non-hydrogen) atoms. The van der Waals surface area contributed by atoms with Crippen LogP contribution in [0.2, 0.25) is 5.15 Å². The van der Waals surface area contributed by atoms with Crippen LogP contribution in [0.3, 0.4) is 0 Å². The van der Waals surface area contributed by atoms with Crippen molar-refractivity contribution in [2.45, 2.75) is 6.92 Å². The summed E-state index contributed by atoms with van der Waals surface area (Å²) in [6.45, 7) is 1.75. The number of nitrogens with zero attached hydrogens (tertiary/aromatic N) is 1. The lowest BCUT2D eigenvalue weighted by Crippen LogP contribution is -2.09. The lowest BCUT2D eigenvalue weighted by molar-refractivity contribution is 0.607. The van der Waals surface area contributed by atoms with Gasteiger partial charge in [0.15, 0.2) is 0 Å². The fourth-order valence-electron chi connectivity index (χ4n) is 0.828. The van der Waals surface area contributed by atoms with E-state index in [2.05, 4.69) is 9.71 Å². The van der Waals surface area contributed by atoms with E-state index < -0.39 is 10.0 Å². The zero-order chi connectivity index (χ0) is 10.1. The average molecular weight is 221 g/mol. The zero-order valence-corrected chi connectivity index (χ0v) is 8.78. The molecule has 0 spiro atoms. The van der Waals surface area contributed by atoms with Crippen molar-refractivity contribution in [3.05, 3.63) is 23.0 Å². The van der Waals surface area contributed by atoms with Gasteiger partial charge in [-0.1, -0.05) is 11.6 Å². The van der Waals surface area contributed by atoms with Crippen LogP contribution in [-0.4, -0.2) is 19.7 Å². The second-order valence-electron chi connectivity index (χ2n) is 2.71. The number of hydrogen-bond acceptors (Lipinski definition) is 3. The van der Waals surface area contributed by atoms with Crippen LogP contribution >= 0.6 is 11.6 Å². The Bertz CT molecular complexity index is 417. The molecule has 1 rings (SSSR count). The molecule has 0 aliphatic rings. The first kappa shape index (κ1) is 10.3.